The minimum Gasteiger partial charge on any atom is -0.383 e. The molecule has 1 rings (SSSR count). The lowest BCUT2D eigenvalue weighted by Crippen LogP contribution is -2.15. The molecule has 0 bridgehead atoms. The van der Waals surface area contributed by atoms with Gasteiger partial charge < -0.3 is 5.73 Å². The van der Waals surface area contributed by atoms with Crippen LogP contribution >= 0.6 is 0 Å². The summed E-state index contributed by atoms with van der Waals surface area (Å²) in [5.41, 5.74) is 5.95. The predicted octanol–water partition coefficient (Wildman–Crippen LogP) is 1.32. The van der Waals surface area contributed by atoms with Gasteiger partial charge >= 0.3 is 0 Å². The molecule has 0 atom stereocenters. The molecule has 14 heavy (non-hydrogen) atoms. The van der Waals surface area contributed by atoms with Crippen LogP contribution in [0.25, 0.3) is 0 Å². The molecule has 0 heterocycles. The Morgan fingerprint density at radius 2 is 2.21 bits per heavy atom. The zero-order valence-corrected chi connectivity index (χ0v) is 7.80. The molecular formula is C9H11N3O2. The number of nitro benzene ring substituents is 1. The highest BCUT2D eigenvalue weighted by Crippen LogP contribution is 2.16. The summed E-state index contributed by atoms with van der Waals surface area (Å²) in [6.07, 6.45) is 0. The SMILES string of the molecule is CCN=C(N)c1ccccc1[N+](=O)[O-]. The fraction of sp³-hybridized carbons (Fsp3) is 0.222. The van der Waals surface area contributed by atoms with Crippen LogP contribution in [0, 0.1) is 10.1 Å². The Bertz CT molecular complexity index is 374. The number of amidine groups is 1. The van der Waals surface area contributed by atoms with Crippen molar-refractivity contribution in [3.63, 3.8) is 0 Å². The minimum absolute atomic E-state index is 0.0119. The zero-order chi connectivity index (χ0) is 10.6. The maximum absolute atomic E-state index is 10.6. The van der Waals surface area contributed by atoms with Gasteiger partial charge in [-0.2, -0.15) is 0 Å². The molecule has 1 aromatic carbocycles. The summed E-state index contributed by atoms with van der Waals surface area (Å²) in [6, 6.07) is 6.29. The van der Waals surface area contributed by atoms with Crippen LogP contribution in [0.2, 0.25) is 0 Å². The van der Waals surface area contributed by atoms with Crippen molar-refractivity contribution in [2.75, 3.05) is 6.54 Å². The second-order valence-electron chi connectivity index (χ2n) is 2.63. The van der Waals surface area contributed by atoms with E-state index in [2.05, 4.69) is 4.99 Å². The van der Waals surface area contributed by atoms with Gasteiger partial charge in [0.1, 0.15) is 5.84 Å². The summed E-state index contributed by atoms with van der Waals surface area (Å²) >= 11 is 0. The molecule has 2 N–H and O–H groups in total. The molecule has 0 aliphatic heterocycles. The third-order valence-electron chi connectivity index (χ3n) is 1.71. The second kappa shape index (κ2) is 4.36. The van der Waals surface area contributed by atoms with Crippen LogP contribution in [-0.4, -0.2) is 17.3 Å². The monoisotopic (exact) mass is 193 g/mol. The molecule has 0 aliphatic rings. The van der Waals surface area contributed by atoms with E-state index in [0.717, 1.165) is 0 Å². The first kappa shape index (κ1) is 10.2. The van der Waals surface area contributed by atoms with Crippen LogP contribution < -0.4 is 5.73 Å². The van der Waals surface area contributed by atoms with Gasteiger partial charge in [-0.25, -0.2) is 0 Å². The molecule has 0 amide bonds. The number of benzene rings is 1. The number of aliphatic imine (C=N–C) groups is 1. The number of hydrogen-bond donors (Lipinski definition) is 1. The van der Waals surface area contributed by atoms with Crippen LogP contribution in [0.1, 0.15) is 12.5 Å². The predicted molar refractivity (Wildman–Crippen MR) is 54.4 cm³/mol. The van der Waals surface area contributed by atoms with Crippen LogP contribution in [0.4, 0.5) is 5.69 Å². The van der Waals surface area contributed by atoms with E-state index in [4.69, 9.17) is 5.73 Å². The molecule has 5 nitrogen and oxygen atoms in total. The van der Waals surface area contributed by atoms with Crippen molar-refractivity contribution in [3.05, 3.63) is 39.9 Å². The molecule has 0 fully saturated rings. The maximum atomic E-state index is 10.6. The normalized spacial score (nSPS) is 11.4. The number of nitro groups is 1. The van der Waals surface area contributed by atoms with Gasteiger partial charge in [0.15, 0.2) is 0 Å². The number of rotatable bonds is 3. The molecular weight excluding hydrogens is 182 g/mol. The molecule has 0 spiro atoms. The van der Waals surface area contributed by atoms with Gasteiger partial charge in [-0.1, -0.05) is 12.1 Å². The lowest BCUT2D eigenvalue weighted by Gasteiger charge is -2.00. The highest BCUT2D eigenvalue weighted by Gasteiger charge is 2.14. The van der Waals surface area contributed by atoms with E-state index in [0.29, 0.717) is 12.1 Å². The number of nitrogens with two attached hydrogens (primary N) is 1. The summed E-state index contributed by atoms with van der Waals surface area (Å²) in [7, 11) is 0. The van der Waals surface area contributed by atoms with Gasteiger partial charge in [0, 0.05) is 12.6 Å². The third-order valence-corrected chi connectivity index (χ3v) is 1.71. The Balaban J connectivity index is 3.20. The van der Waals surface area contributed by atoms with E-state index < -0.39 is 4.92 Å². The van der Waals surface area contributed by atoms with Crippen molar-refractivity contribution in [2.24, 2.45) is 10.7 Å². The highest BCUT2D eigenvalue weighted by molar-refractivity contribution is 6.01. The van der Waals surface area contributed by atoms with Crippen LogP contribution in [0.15, 0.2) is 29.3 Å². The Hall–Kier alpha value is -1.91. The van der Waals surface area contributed by atoms with E-state index in [-0.39, 0.29) is 11.5 Å². The lowest BCUT2D eigenvalue weighted by atomic mass is 10.1. The Morgan fingerprint density at radius 3 is 2.79 bits per heavy atom. The van der Waals surface area contributed by atoms with Crippen molar-refractivity contribution in [2.45, 2.75) is 6.92 Å². The lowest BCUT2D eigenvalue weighted by molar-refractivity contribution is -0.385. The molecule has 1 aromatic rings. The fourth-order valence-electron chi connectivity index (χ4n) is 1.10. The van der Waals surface area contributed by atoms with Gasteiger partial charge in [0.05, 0.1) is 10.5 Å². The average molecular weight is 193 g/mol. The maximum Gasteiger partial charge on any atom is 0.280 e. The largest absolute Gasteiger partial charge is 0.383 e. The number of para-hydroxylation sites is 1. The molecule has 0 saturated heterocycles. The molecule has 0 aliphatic carbocycles. The first-order valence-corrected chi connectivity index (χ1v) is 4.20. The van der Waals surface area contributed by atoms with E-state index in [1.807, 2.05) is 6.92 Å². The van der Waals surface area contributed by atoms with Crippen molar-refractivity contribution in [3.8, 4) is 0 Å². The van der Waals surface area contributed by atoms with Gasteiger partial charge in [-0.05, 0) is 13.0 Å². The number of hydrogen-bond acceptors (Lipinski definition) is 3. The van der Waals surface area contributed by atoms with E-state index in [9.17, 15) is 10.1 Å². The second-order valence-corrected chi connectivity index (χ2v) is 2.63. The Kier molecular flexibility index (Phi) is 3.17. The summed E-state index contributed by atoms with van der Waals surface area (Å²) in [5.74, 6) is 0.208. The van der Waals surface area contributed by atoms with Crippen molar-refractivity contribution in [1.29, 1.82) is 0 Å². The Morgan fingerprint density at radius 1 is 1.57 bits per heavy atom. The summed E-state index contributed by atoms with van der Waals surface area (Å²) < 4.78 is 0. The van der Waals surface area contributed by atoms with Crippen LogP contribution in [0.3, 0.4) is 0 Å². The minimum atomic E-state index is -0.465. The quantitative estimate of drug-likeness (QED) is 0.340. The van der Waals surface area contributed by atoms with Crippen molar-refractivity contribution < 1.29 is 4.92 Å². The summed E-state index contributed by atoms with van der Waals surface area (Å²) in [6.45, 7) is 2.33. The molecule has 0 radical (unpaired) electrons. The smallest absolute Gasteiger partial charge is 0.280 e. The average Bonchev–Trinajstić information content (AvgIpc) is 2.18. The van der Waals surface area contributed by atoms with Gasteiger partial charge in [0.25, 0.3) is 5.69 Å². The molecule has 0 unspecified atom stereocenters. The van der Waals surface area contributed by atoms with E-state index in [1.165, 1.54) is 6.07 Å². The third kappa shape index (κ3) is 2.07. The van der Waals surface area contributed by atoms with Crippen LogP contribution in [0.5, 0.6) is 0 Å². The molecule has 74 valence electrons. The van der Waals surface area contributed by atoms with Gasteiger partial charge in [-0.15, -0.1) is 0 Å². The topological polar surface area (TPSA) is 81.5 Å². The summed E-state index contributed by atoms with van der Waals surface area (Å²) in [4.78, 5) is 14.1. The molecule has 0 saturated carbocycles. The van der Waals surface area contributed by atoms with E-state index in [1.54, 1.807) is 18.2 Å². The number of nitrogens with zero attached hydrogens (tertiary/aromatic N) is 2. The zero-order valence-electron chi connectivity index (χ0n) is 7.80. The Labute approximate surface area is 81.4 Å². The summed E-state index contributed by atoms with van der Waals surface area (Å²) in [5, 5.41) is 10.6. The van der Waals surface area contributed by atoms with Crippen molar-refractivity contribution in [1.82, 2.24) is 0 Å². The first-order chi connectivity index (χ1) is 6.66. The molecule has 0 aromatic heterocycles. The van der Waals surface area contributed by atoms with Crippen LogP contribution in [-0.2, 0) is 0 Å². The van der Waals surface area contributed by atoms with E-state index >= 15 is 0 Å². The standard InChI is InChI=1S/C9H11N3O2/c1-2-11-9(10)7-5-3-4-6-8(7)12(13)14/h3-6H,2H2,1H3,(H2,10,11). The van der Waals surface area contributed by atoms with Gasteiger partial charge in [0.2, 0.25) is 0 Å². The highest BCUT2D eigenvalue weighted by atomic mass is 16.6. The van der Waals surface area contributed by atoms with Gasteiger partial charge in [-0.3, -0.25) is 15.1 Å². The fourth-order valence-corrected chi connectivity index (χ4v) is 1.10. The first-order valence-electron chi connectivity index (χ1n) is 4.20. The molecule has 5 heteroatoms. The van der Waals surface area contributed by atoms with Crippen molar-refractivity contribution >= 4 is 11.5 Å².